The van der Waals surface area contributed by atoms with E-state index < -0.39 is 25.7 Å². The van der Waals surface area contributed by atoms with E-state index >= 15 is 8.99 Å². The average molecular weight is 760 g/mol. The predicted octanol–water partition coefficient (Wildman–Crippen LogP) is 15.4. The van der Waals surface area contributed by atoms with Crippen molar-refractivity contribution in [2.75, 3.05) is 0 Å². The summed E-state index contributed by atoms with van der Waals surface area (Å²) in [5, 5.41) is -0.294. The second-order valence-electron chi connectivity index (χ2n) is 23.1. The van der Waals surface area contributed by atoms with Crippen LogP contribution in [-0.4, -0.2) is 15.7 Å². The summed E-state index contributed by atoms with van der Waals surface area (Å²) in [6, 6.07) is 19.3. The van der Waals surface area contributed by atoms with Crippen molar-refractivity contribution < 1.29 is 8.99 Å². The van der Waals surface area contributed by atoms with Gasteiger partial charge in [0.25, 0.3) is 0 Å². The number of halogens is 1. The Morgan fingerprint density at radius 1 is 0.528 bits per heavy atom. The van der Waals surface area contributed by atoms with Crippen LogP contribution < -0.4 is 0 Å². The molecule has 4 heteroatoms. The highest BCUT2D eigenvalue weighted by molar-refractivity contribution is 8.16. The highest BCUT2D eigenvalue weighted by atomic mass is 31.3. The summed E-state index contributed by atoms with van der Waals surface area (Å²) >= 11 is 0. The standard InChI is InChI=1S/C49H73FOP2/c1-43(2,3)32-27-34(45(7,8)9)38(35(28-32)46(10,11)12)41-52(40(51)31-25-23-22-24-26-31)42(53(41,50)49(19,20)21)39-36(47(13,14)15)29-33(44(4,5)6)30-37(39)48(16,17)18/h22-30,41H,1-21H3/p+1. The molecule has 1 heterocycles. The molecular weight excluding hydrogens is 685 g/mol. The summed E-state index contributed by atoms with van der Waals surface area (Å²) in [4.78, 5) is 15.6. The van der Waals surface area contributed by atoms with Crippen LogP contribution in [0, 0.1) is 0 Å². The van der Waals surface area contributed by atoms with Crippen LogP contribution in [0.25, 0.3) is 0 Å². The summed E-state index contributed by atoms with van der Waals surface area (Å²) in [7, 11) is -5.80. The van der Waals surface area contributed by atoms with Gasteiger partial charge in [0.1, 0.15) is 20.2 Å². The molecule has 3 atom stereocenters. The van der Waals surface area contributed by atoms with Gasteiger partial charge in [0.2, 0.25) is 0 Å². The second-order valence-corrected chi connectivity index (χ2v) is 29.9. The van der Waals surface area contributed by atoms with E-state index in [2.05, 4.69) is 170 Å². The summed E-state index contributed by atoms with van der Waals surface area (Å²) in [6.45, 7) is 47.2. The van der Waals surface area contributed by atoms with Gasteiger partial charge in [0.05, 0.1) is 5.56 Å². The molecule has 292 valence electrons. The van der Waals surface area contributed by atoms with Crippen molar-refractivity contribution in [3.8, 4) is 0 Å². The van der Waals surface area contributed by atoms with Crippen LogP contribution in [0.5, 0.6) is 0 Å². The second kappa shape index (κ2) is 13.6. The van der Waals surface area contributed by atoms with Gasteiger partial charge in [0.15, 0.2) is 5.40 Å². The molecule has 3 aromatic rings. The third-order valence-corrected chi connectivity index (χ3v) is 21.0. The lowest BCUT2D eigenvalue weighted by molar-refractivity contribution is 0.108. The first-order chi connectivity index (χ1) is 23.6. The van der Waals surface area contributed by atoms with Crippen molar-refractivity contribution in [3.05, 3.63) is 105 Å². The van der Waals surface area contributed by atoms with E-state index in [4.69, 9.17) is 0 Å². The Morgan fingerprint density at radius 2 is 0.868 bits per heavy atom. The zero-order valence-corrected chi connectivity index (χ0v) is 39.4. The molecule has 3 aromatic carbocycles. The van der Waals surface area contributed by atoms with Crippen LogP contribution in [-0.2, 0) is 32.5 Å². The maximum atomic E-state index is 20.1. The van der Waals surface area contributed by atoms with Crippen molar-refractivity contribution >= 4 is 25.7 Å². The minimum absolute atomic E-state index is 0.0902. The Labute approximate surface area is 326 Å². The van der Waals surface area contributed by atoms with Crippen molar-refractivity contribution in [1.29, 1.82) is 0 Å². The molecule has 0 bridgehead atoms. The molecule has 3 unspecified atom stereocenters. The summed E-state index contributed by atoms with van der Waals surface area (Å²) in [5.74, 6) is 0. The SMILES string of the molecule is CC(C)(C)c1cc(C(C)(C)C)c(C2=P(F)(C(C)(C)C)C(c3c(C(C)(C)C)cc(C(C)(C)C)cc3C(C)(C)C)[PH+]2C(=O)c2ccccc2)c(C(C)(C)C)c1. The van der Waals surface area contributed by atoms with Gasteiger partial charge in [0, 0.05) is 16.3 Å². The van der Waals surface area contributed by atoms with Crippen LogP contribution >= 0.6 is 15.1 Å². The Kier molecular flexibility index (Phi) is 11.2. The summed E-state index contributed by atoms with van der Waals surface area (Å²) < 4.78 is 20.1. The topological polar surface area (TPSA) is 17.1 Å². The lowest BCUT2D eigenvalue weighted by Gasteiger charge is -2.50. The Hall–Kier alpha value is -2.01. The number of carbonyl (C=O) groups excluding carboxylic acids is 1. The predicted molar refractivity (Wildman–Crippen MR) is 239 cm³/mol. The van der Waals surface area contributed by atoms with Gasteiger partial charge in [-0.25, -0.2) is 8.99 Å². The number of benzene rings is 3. The van der Waals surface area contributed by atoms with Crippen LogP contribution in [0.3, 0.4) is 0 Å². The molecule has 0 radical (unpaired) electrons. The minimum atomic E-state index is -3.58. The van der Waals surface area contributed by atoms with E-state index in [1.165, 1.54) is 33.4 Å². The molecule has 0 aromatic heterocycles. The highest BCUT2D eigenvalue weighted by Gasteiger charge is 2.68. The van der Waals surface area contributed by atoms with Crippen molar-refractivity contribution in [2.45, 2.75) is 188 Å². The van der Waals surface area contributed by atoms with E-state index in [1.807, 2.05) is 30.3 Å². The van der Waals surface area contributed by atoms with E-state index in [1.54, 1.807) is 0 Å². The molecule has 1 aliphatic rings. The molecule has 0 amide bonds. The zero-order chi connectivity index (χ0) is 40.9. The van der Waals surface area contributed by atoms with E-state index in [9.17, 15) is 0 Å². The third-order valence-electron chi connectivity index (χ3n) is 11.3. The largest absolute Gasteiger partial charge is 0.301 e. The number of rotatable bonds is 4. The molecule has 4 rings (SSSR count). The fraction of sp³-hybridized carbons (Fsp3) is 0.592. The Morgan fingerprint density at radius 3 is 1.17 bits per heavy atom. The zero-order valence-electron chi connectivity index (χ0n) is 37.5. The normalized spacial score (nSPS) is 20.8. The van der Waals surface area contributed by atoms with Crippen LogP contribution in [0.1, 0.15) is 206 Å². The fourth-order valence-corrected chi connectivity index (χ4v) is 19.5. The Bertz CT molecular complexity index is 1860. The maximum Gasteiger partial charge on any atom is 0.301 e. The summed E-state index contributed by atoms with van der Waals surface area (Å²) in [5.41, 5.74) is 9.01. The first-order valence-corrected chi connectivity index (χ1v) is 23.2. The van der Waals surface area contributed by atoms with E-state index in [0.717, 1.165) is 16.2 Å². The monoisotopic (exact) mass is 760 g/mol. The van der Waals surface area contributed by atoms with Gasteiger partial charge in [-0.1, -0.05) is 188 Å². The molecule has 1 nitrogen and oxygen atoms in total. The van der Waals surface area contributed by atoms with E-state index in [0.29, 0.717) is 5.56 Å². The van der Waals surface area contributed by atoms with Gasteiger partial charge in [-0.15, -0.1) is 0 Å². The highest BCUT2D eigenvalue weighted by Crippen LogP contribution is 2.93. The molecule has 1 aliphatic heterocycles. The lowest BCUT2D eigenvalue weighted by Crippen LogP contribution is -2.37. The molecule has 0 saturated carbocycles. The number of hydrogen-bond donors (Lipinski definition) is 0. The van der Waals surface area contributed by atoms with E-state index in [-0.39, 0.29) is 38.0 Å². The van der Waals surface area contributed by atoms with Crippen molar-refractivity contribution in [2.24, 2.45) is 0 Å². The summed E-state index contributed by atoms with van der Waals surface area (Å²) in [6.07, 6.45) is 0. The molecule has 0 fully saturated rings. The van der Waals surface area contributed by atoms with Crippen LogP contribution in [0.4, 0.5) is 4.20 Å². The number of hydrogen-bond acceptors (Lipinski definition) is 1. The van der Waals surface area contributed by atoms with Gasteiger partial charge < -0.3 is 0 Å². The lowest BCUT2D eigenvalue weighted by atomic mass is 9.72. The van der Waals surface area contributed by atoms with Crippen LogP contribution in [0.2, 0.25) is 0 Å². The van der Waals surface area contributed by atoms with Gasteiger partial charge in [-0.05, 0) is 78.0 Å². The van der Waals surface area contributed by atoms with Gasteiger partial charge in [-0.3, -0.25) is 0 Å². The fourth-order valence-electron chi connectivity index (χ4n) is 8.00. The van der Waals surface area contributed by atoms with Crippen molar-refractivity contribution in [3.63, 3.8) is 0 Å². The quantitative estimate of drug-likeness (QED) is 0.242. The molecule has 53 heavy (non-hydrogen) atoms. The Balaban J connectivity index is 2.43. The smallest absolute Gasteiger partial charge is 0.247 e. The first kappa shape index (κ1) is 43.7. The minimum Gasteiger partial charge on any atom is -0.247 e. The first-order valence-electron chi connectivity index (χ1n) is 19.9. The van der Waals surface area contributed by atoms with Gasteiger partial charge >= 0.3 is 5.52 Å². The van der Waals surface area contributed by atoms with Crippen LogP contribution in [0.15, 0.2) is 54.6 Å². The molecule has 0 spiro atoms. The van der Waals surface area contributed by atoms with Gasteiger partial charge in [-0.2, -0.15) is 0 Å². The average Bonchev–Trinajstić information content (AvgIpc) is 2.95. The number of carbonyl (C=O) groups is 1. The molecule has 0 N–H and O–H groups in total. The molecular formula is C49H74FOP2+. The van der Waals surface area contributed by atoms with Crippen molar-refractivity contribution in [1.82, 2.24) is 0 Å². The molecule has 0 saturated heterocycles. The molecule has 0 aliphatic carbocycles. The maximum absolute atomic E-state index is 20.1. The third kappa shape index (κ3) is 8.13.